The van der Waals surface area contributed by atoms with Crippen LogP contribution < -0.4 is 10.6 Å². The van der Waals surface area contributed by atoms with Crippen molar-refractivity contribution in [2.75, 3.05) is 13.2 Å². The minimum absolute atomic E-state index is 0.0918. The Bertz CT molecular complexity index is 882. The predicted octanol–water partition coefficient (Wildman–Crippen LogP) is 0.958. The van der Waals surface area contributed by atoms with Crippen LogP contribution in [0.25, 0.3) is 0 Å². The number of amides is 3. The standard InChI is InChI=1S/C23H30BrN3O5/c1-13(2)26-21(30)19-23-11-15(24)18(32-23)16(17(23)22(31)27(19)9-6-10-28)20(29)25-12-14-7-4-3-5-8-14/h3-5,7-8,13,15-19,28H,6,9-12H2,1-2H3,(H,25,29)(H,26,30)/t15?,16-,17+,18-,19?,23?/m1/s1. The number of ether oxygens (including phenoxy) is 1. The molecule has 0 radical (unpaired) electrons. The number of carbonyl (C=O) groups excluding carboxylic acids is 3. The molecule has 174 valence electrons. The molecule has 3 N–H and O–H groups in total. The van der Waals surface area contributed by atoms with Crippen molar-refractivity contribution in [3.05, 3.63) is 35.9 Å². The highest BCUT2D eigenvalue weighted by Crippen LogP contribution is 2.59. The SMILES string of the molecule is CC(C)NC(=O)C1N(CCCO)C(=O)[C@@H]2[C@@H](C(=O)NCc3ccccc3)[C@@H]3OC12CC3Br. The summed E-state index contributed by atoms with van der Waals surface area (Å²) in [5.41, 5.74) is -0.0921. The second kappa shape index (κ2) is 9.11. The number of alkyl halides is 1. The van der Waals surface area contributed by atoms with Crippen LogP contribution in [-0.2, 0) is 25.7 Å². The number of hydrogen-bond donors (Lipinski definition) is 3. The summed E-state index contributed by atoms with van der Waals surface area (Å²) < 4.78 is 6.38. The number of aliphatic hydroxyl groups excluding tert-OH is 1. The summed E-state index contributed by atoms with van der Waals surface area (Å²) >= 11 is 3.64. The van der Waals surface area contributed by atoms with Crippen LogP contribution >= 0.6 is 15.9 Å². The zero-order valence-corrected chi connectivity index (χ0v) is 19.9. The molecule has 2 bridgehead atoms. The molecule has 3 aliphatic heterocycles. The molecule has 4 rings (SSSR count). The van der Waals surface area contributed by atoms with Crippen LogP contribution in [0, 0.1) is 11.8 Å². The second-order valence-corrected chi connectivity index (χ2v) is 10.3. The first-order valence-corrected chi connectivity index (χ1v) is 12.1. The van der Waals surface area contributed by atoms with E-state index in [2.05, 4.69) is 26.6 Å². The van der Waals surface area contributed by atoms with E-state index >= 15 is 0 Å². The Morgan fingerprint density at radius 1 is 1.28 bits per heavy atom. The van der Waals surface area contributed by atoms with Crippen molar-refractivity contribution < 1.29 is 24.2 Å². The average Bonchev–Trinajstić information content (AvgIpc) is 3.34. The lowest BCUT2D eigenvalue weighted by molar-refractivity contribution is -0.142. The van der Waals surface area contributed by atoms with Crippen molar-refractivity contribution in [1.29, 1.82) is 0 Å². The summed E-state index contributed by atoms with van der Waals surface area (Å²) in [6.45, 7) is 4.23. The first kappa shape index (κ1) is 23.2. The van der Waals surface area contributed by atoms with Gasteiger partial charge >= 0.3 is 0 Å². The monoisotopic (exact) mass is 507 g/mol. The summed E-state index contributed by atoms with van der Waals surface area (Å²) in [7, 11) is 0. The van der Waals surface area contributed by atoms with Gasteiger partial charge in [-0.15, -0.1) is 0 Å². The van der Waals surface area contributed by atoms with E-state index in [-0.39, 0.29) is 41.7 Å². The van der Waals surface area contributed by atoms with Gasteiger partial charge in [0.25, 0.3) is 0 Å². The zero-order chi connectivity index (χ0) is 23.0. The number of nitrogens with zero attached hydrogens (tertiary/aromatic N) is 1. The van der Waals surface area contributed by atoms with Gasteiger partial charge in [-0.3, -0.25) is 14.4 Å². The van der Waals surface area contributed by atoms with Crippen LogP contribution in [0.5, 0.6) is 0 Å². The average molecular weight is 508 g/mol. The van der Waals surface area contributed by atoms with Gasteiger partial charge in [0.1, 0.15) is 11.6 Å². The second-order valence-electron chi connectivity index (χ2n) is 9.14. The lowest BCUT2D eigenvalue weighted by atomic mass is 9.70. The maximum absolute atomic E-state index is 13.6. The number of hydrogen-bond acceptors (Lipinski definition) is 5. The number of fused-ring (bicyclic) bond motifs is 1. The van der Waals surface area contributed by atoms with E-state index in [0.29, 0.717) is 19.4 Å². The van der Waals surface area contributed by atoms with E-state index in [1.165, 1.54) is 4.90 Å². The molecule has 1 aromatic carbocycles. The summed E-state index contributed by atoms with van der Waals surface area (Å²) in [5, 5.41) is 15.2. The van der Waals surface area contributed by atoms with Gasteiger partial charge in [0, 0.05) is 30.6 Å². The molecule has 3 fully saturated rings. The molecule has 8 nitrogen and oxygen atoms in total. The van der Waals surface area contributed by atoms with Crippen molar-refractivity contribution in [1.82, 2.24) is 15.5 Å². The fraction of sp³-hybridized carbons (Fsp3) is 0.609. The molecule has 9 heteroatoms. The topological polar surface area (TPSA) is 108 Å². The number of carbonyl (C=O) groups is 3. The van der Waals surface area contributed by atoms with Gasteiger partial charge in [-0.2, -0.15) is 0 Å². The van der Waals surface area contributed by atoms with E-state index in [0.717, 1.165) is 5.56 Å². The van der Waals surface area contributed by atoms with Crippen molar-refractivity contribution >= 4 is 33.7 Å². The van der Waals surface area contributed by atoms with Gasteiger partial charge in [0.15, 0.2) is 0 Å². The Morgan fingerprint density at radius 2 is 2.00 bits per heavy atom. The summed E-state index contributed by atoms with van der Waals surface area (Å²) in [6, 6.07) is 8.65. The zero-order valence-electron chi connectivity index (χ0n) is 18.3. The van der Waals surface area contributed by atoms with Crippen molar-refractivity contribution in [2.24, 2.45) is 11.8 Å². The molecule has 0 aliphatic carbocycles. The van der Waals surface area contributed by atoms with E-state index in [1.54, 1.807) is 0 Å². The minimum Gasteiger partial charge on any atom is -0.396 e. The molecule has 3 unspecified atom stereocenters. The normalized spacial score (nSPS) is 33.0. The first-order chi connectivity index (χ1) is 15.3. The largest absolute Gasteiger partial charge is 0.396 e. The van der Waals surface area contributed by atoms with E-state index in [1.807, 2.05) is 44.2 Å². The highest BCUT2D eigenvalue weighted by atomic mass is 79.9. The highest BCUT2D eigenvalue weighted by Gasteiger charge is 2.76. The lowest BCUT2D eigenvalue weighted by Crippen LogP contribution is -2.57. The third-order valence-electron chi connectivity index (χ3n) is 6.64. The molecule has 3 saturated heterocycles. The molecule has 1 spiro atoms. The molecular formula is C23H30BrN3O5. The Hall–Kier alpha value is -1.97. The van der Waals surface area contributed by atoms with Gasteiger partial charge in [-0.1, -0.05) is 46.3 Å². The van der Waals surface area contributed by atoms with Crippen LogP contribution in [0.15, 0.2) is 30.3 Å². The molecule has 0 aromatic heterocycles. The van der Waals surface area contributed by atoms with E-state index < -0.39 is 29.6 Å². The quantitative estimate of drug-likeness (QED) is 0.454. The van der Waals surface area contributed by atoms with Gasteiger partial charge in [-0.25, -0.2) is 0 Å². The molecule has 3 amide bonds. The Labute approximate surface area is 196 Å². The van der Waals surface area contributed by atoms with Crippen molar-refractivity contribution in [2.45, 2.75) is 61.8 Å². The third kappa shape index (κ3) is 3.84. The number of likely N-dealkylation sites (tertiary alicyclic amines) is 1. The van der Waals surface area contributed by atoms with Crippen LogP contribution in [0.3, 0.4) is 0 Å². The first-order valence-electron chi connectivity index (χ1n) is 11.2. The van der Waals surface area contributed by atoms with Gasteiger partial charge in [0.05, 0.1) is 17.9 Å². The Balaban J connectivity index is 1.62. The Morgan fingerprint density at radius 3 is 2.66 bits per heavy atom. The molecule has 1 aromatic rings. The van der Waals surface area contributed by atoms with Crippen LogP contribution in [0.4, 0.5) is 0 Å². The summed E-state index contributed by atoms with van der Waals surface area (Å²) in [6.07, 6.45) is 0.350. The smallest absolute Gasteiger partial charge is 0.246 e. The summed E-state index contributed by atoms with van der Waals surface area (Å²) in [4.78, 5) is 41.5. The van der Waals surface area contributed by atoms with Crippen LogP contribution in [0.1, 0.15) is 32.3 Å². The fourth-order valence-corrected chi connectivity index (χ4v) is 6.42. The Kier molecular flexibility index (Phi) is 6.61. The molecule has 6 atom stereocenters. The van der Waals surface area contributed by atoms with Crippen molar-refractivity contribution in [3.63, 3.8) is 0 Å². The van der Waals surface area contributed by atoms with Crippen LogP contribution in [-0.4, -0.2) is 69.5 Å². The number of nitrogens with one attached hydrogen (secondary N) is 2. The third-order valence-corrected chi connectivity index (χ3v) is 7.48. The highest BCUT2D eigenvalue weighted by molar-refractivity contribution is 9.09. The maximum atomic E-state index is 13.6. The molecule has 32 heavy (non-hydrogen) atoms. The fourth-order valence-electron chi connectivity index (χ4n) is 5.48. The number of halogens is 1. The molecular weight excluding hydrogens is 478 g/mol. The van der Waals surface area contributed by atoms with E-state index in [9.17, 15) is 19.5 Å². The van der Waals surface area contributed by atoms with Gasteiger partial charge in [-0.05, 0) is 32.3 Å². The predicted molar refractivity (Wildman–Crippen MR) is 121 cm³/mol. The minimum atomic E-state index is -1.06. The van der Waals surface area contributed by atoms with Crippen molar-refractivity contribution in [3.8, 4) is 0 Å². The molecule has 3 aliphatic rings. The summed E-state index contributed by atoms with van der Waals surface area (Å²) in [5.74, 6) is -2.17. The van der Waals surface area contributed by atoms with Gasteiger partial charge in [0.2, 0.25) is 17.7 Å². The number of benzene rings is 1. The lowest BCUT2D eigenvalue weighted by Gasteiger charge is -2.34. The molecule has 0 saturated carbocycles. The van der Waals surface area contributed by atoms with E-state index in [4.69, 9.17) is 4.74 Å². The maximum Gasteiger partial charge on any atom is 0.246 e. The number of aliphatic hydroxyl groups is 1. The van der Waals surface area contributed by atoms with Gasteiger partial charge < -0.3 is 25.4 Å². The van der Waals surface area contributed by atoms with Crippen LogP contribution in [0.2, 0.25) is 0 Å². The molecule has 3 heterocycles. The number of rotatable bonds is 8.